The van der Waals surface area contributed by atoms with E-state index in [0.29, 0.717) is 0 Å². The largest absolute Gasteiger partial charge is 0.501 e. The van der Waals surface area contributed by atoms with Crippen molar-refractivity contribution in [1.82, 2.24) is 0 Å². The van der Waals surface area contributed by atoms with Crippen molar-refractivity contribution in [2.75, 3.05) is 6.61 Å². The van der Waals surface area contributed by atoms with Crippen LogP contribution in [0.2, 0.25) is 0 Å². The van der Waals surface area contributed by atoms with Crippen molar-refractivity contribution in [2.24, 2.45) is 0 Å². The van der Waals surface area contributed by atoms with Gasteiger partial charge in [0.2, 0.25) is 0 Å². The zero-order valence-corrected chi connectivity index (χ0v) is 13.4. The predicted molar refractivity (Wildman–Crippen MR) is 91.3 cm³/mol. The predicted octanol–water partition coefficient (Wildman–Crippen LogP) is 6.13. The van der Waals surface area contributed by atoms with Crippen molar-refractivity contribution in [3.05, 3.63) is 41.7 Å². The molecule has 0 saturated carbocycles. The van der Waals surface area contributed by atoms with Crippen LogP contribution >= 0.6 is 0 Å². The highest BCUT2D eigenvalue weighted by molar-refractivity contribution is 5.48. The zero-order valence-electron chi connectivity index (χ0n) is 13.4. The Kier molecular flexibility index (Phi) is 8.05. The first-order valence-corrected chi connectivity index (χ1v) is 8.82. The lowest BCUT2D eigenvalue weighted by Crippen LogP contribution is -1.88. The SMILES string of the molecule is C1=Cc2ccc(cc2)CCCCCCCCCCCCO1. The van der Waals surface area contributed by atoms with Gasteiger partial charge in [0.25, 0.3) is 0 Å². The molecular formula is C20H30O. The monoisotopic (exact) mass is 286 g/mol. The van der Waals surface area contributed by atoms with Gasteiger partial charge in [-0.3, -0.25) is 0 Å². The van der Waals surface area contributed by atoms with Crippen LogP contribution in [0.1, 0.15) is 75.3 Å². The van der Waals surface area contributed by atoms with Gasteiger partial charge in [-0.1, -0.05) is 75.6 Å². The lowest BCUT2D eigenvalue weighted by Gasteiger charge is -2.03. The Balaban J connectivity index is 1.81. The Hall–Kier alpha value is -1.24. The minimum atomic E-state index is 0.856. The fraction of sp³-hybridized carbons (Fsp3) is 0.600. The van der Waals surface area contributed by atoms with Crippen molar-refractivity contribution in [2.45, 2.75) is 70.6 Å². The van der Waals surface area contributed by atoms with Crippen LogP contribution in [0, 0.1) is 0 Å². The molecule has 116 valence electrons. The second kappa shape index (κ2) is 10.5. The molecule has 2 aliphatic heterocycles. The highest BCUT2D eigenvalue weighted by Gasteiger charge is 1.96. The summed E-state index contributed by atoms with van der Waals surface area (Å²) < 4.78 is 5.57. The summed E-state index contributed by atoms with van der Waals surface area (Å²) in [6.07, 6.45) is 18.8. The number of benzene rings is 1. The summed E-state index contributed by atoms with van der Waals surface area (Å²) in [4.78, 5) is 0. The van der Waals surface area contributed by atoms with Gasteiger partial charge in [0, 0.05) is 0 Å². The third-order valence-corrected chi connectivity index (χ3v) is 4.31. The number of hydrogen-bond donors (Lipinski definition) is 0. The molecule has 0 saturated heterocycles. The summed E-state index contributed by atoms with van der Waals surface area (Å²) >= 11 is 0. The van der Waals surface area contributed by atoms with Crippen LogP contribution < -0.4 is 0 Å². The zero-order chi connectivity index (χ0) is 14.6. The molecule has 2 aliphatic rings. The van der Waals surface area contributed by atoms with E-state index >= 15 is 0 Å². The lowest BCUT2D eigenvalue weighted by atomic mass is 10.0. The van der Waals surface area contributed by atoms with Crippen LogP contribution in [0.3, 0.4) is 0 Å². The minimum absolute atomic E-state index is 0.856. The van der Waals surface area contributed by atoms with Crippen molar-refractivity contribution in [3.63, 3.8) is 0 Å². The highest BCUT2D eigenvalue weighted by atomic mass is 16.5. The van der Waals surface area contributed by atoms with Crippen LogP contribution in [-0.2, 0) is 11.2 Å². The van der Waals surface area contributed by atoms with Crippen LogP contribution in [0.5, 0.6) is 0 Å². The first-order valence-electron chi connectivity index (χ1n) is 8.82. The average Bonchev–Trinajstić information content (AvgIpc) is 2.52. The van der Waals surface area contributed by atoms with E-state index in [1.807, 2.05) is 6.26 Å². The van der Waals surface area contributed by atoms with E-state index < -0.39 is 0 Å². The minimum Gasteiger partial charge on any atom is -0.501 e. The van der Waals surface area contributed by atoms with E-state index in [4.69, 9.17) is 4.74 Å². The van der Waals surface area contributed by atoms with Gasteiger partial charge in [-0.2, -0.15) is 0 Å². The van der Waals surface area contributed by atoms with E-state index in [1.165, 1.54) is 81.8 Å². The van der Waals surface area contributed by atoms with Gasteiger partial charge in [0.05, 0.1) is 12.9 Å². The van der Waals surface area contributed by atoms with E-state index in [9.17, 15) is 0 Å². The molecule has 21 heavy (non-hydrogen) atoms. The maximum atomic E-state index is 5.57. The molecule has 0 fully saturated rings. The molecule has 0 spiro atoms. The standard InChI is InChI=1S/C20H30O/c1-2-4-6-8-10-17-21-18-16-20-14-12-19(13-15-20)11-9-7-5-3-1/h12-16,18H,1-11,17H2. The fourth-order valence-corrected chi connectivity index (χ4v) is 2.92. The Morgan fingerprint density at radius 1 is 0.619 bits per heavy atom. The molecular weight excluding hydrogens is 256 g/mol. The molecule has 1 nitrogen and oxygen atoms in total. The summed E-state index contributed by atoms with van der Waals surface area (Å²) in [5, 5.41) is 0. The lowest BCUT2D eigenvalue weighted by molar-refractivity contribution is 0.243. The molecule has 0 amide bonds. The van der Waals surface area contributed by atoms with Crippen LogP contribution in [0.25, 0.3) is 6.08 Å². The molecule has 3 rings (SSSR count). The van der Waals surface area contributed by atoms with Crippen LogP contribution in [-0.4, -0.2) is 6.61 Å². The second-order valence-corrected chi connectivity index (χ2v) is 6.20. The quantitative estimate of drug-likeness (QED) is 0.557. The van der Waals surface area contributed by atoms with Crippen molar-refractivity contribution in [1.29, 1.82) is 0 Å². The van der Waals surface area contributed by atoms with Gasteiger partial charge in [-0.15, -0.1) is 0 Å². The van der Waals surface area contributed by atoms with E-state index in [0.717, 1.165) is 6.61 Å². The number of ether oxygens (including phenoxy) is 1. The Morgan fingerprint density at radius 3 is 1.86 bits per heavy atom. The first kappa shape index (κ1) is 16.1. The maximum absolute atomic E-state index is 5.57. The summed E-state index contributed by atoms with van der Waals surface area (Å²) in [6, 6.07) is 8.91. The van der Waals surface area contributed by atoms with Gasteiger partial charge in [0.15, 0.2) is 0 Å². The number of hydrogen-bond acceptors (Lipinski definition) is 1. The third kappa shape index (κ3) is 7.36. The van der Waals surface area contributed by atoms with E-state index in [2.05, 4.69) is 30.3 Å². The molecule has 2 heterocycles. The van der Waals surface area contributed by atoms with Gasteiger partial charge in [0.1, 0.15) is 0 Å². The molecule has 1 heteroatoms. The Labute approximate surface area is 130 Å². The number of fused-ring (bicyclic) bond motifs is 15. The van der Waals surface area contributed by atoms with Crippen LogP contribution in [0.4, 0.5) is 0 Å². The van der Waals surface area contributed by atoms with Crippen molar-refractivity contribution >= 4 is 6.08 Å². The molecule has 2 bridgehead atoms. The number of rotatable bonds is 0. The van der Waals surface area contributed by atoms with Crippen molar-refractivity contribution < 1.29 is 4.74 Å². The summed E-state index contributed by atoms with van der Waals surface area (Å²) in [5.41, 5.74) is 2.70. The van der Waals surface area contributed by atoms with Crippen molar-refractivity contribution in [3.8, 4) is 0 Å². The topological polar surface area (TPSA) is 9.23 Å². The molecule has 0 unspecified atom stereocenters. The fourth-order valence-electron chi connectivity index (χ4n) is 2.92. The Bertz CT molecular complexity index is 391. The maximum Gasteiger partial charge on any atom is 0.0873 e. The second-order valence-electron chi connectivity index (χ2n) is 6.20. The molecule has 0 radical (unpaired) electrons. The average molecular weight is 286 g/mol. The third-order valence-electron chi connectivity index (χ3n) is 4.31. The normalized spacial score (nSPS) is 19.2. The summed E-state index contributed by atoms with van der Waals surface area (Å²) in [5.74, 6) is 0. The summed E-state index contributed by atoms with van der Waals surface area (Å²) in [7, 11) is 0. The van der Waals surface area contributed by atoms with Crippen LogP contribution in [0.15, 0.2) is 30.5 Å². The van der Waals surface area contributed by atoms with Gasteiger partial charge >= 0.3 is 0 Å². The molecule has 0 aromatic heterocycles. The van der Waals surface area contributed by atoms with Gasteiger partial charge < -0.3 is 4.74 Å². The number of aryl methyl sites for hydroxylation is 1. The molecule has 0 atom stereocenters. The van der Waals surface area contributed by atoms with Gasteiger partial charge in [-0.25, -0.2) is 0 Å². The Morgan fingerprint density at radius 2 is 1.19 bits per heavy atom. The molecule has 1 aromatic rings. The van der Waals surface area contributed by atoms with E-state index in [1.54, 1.807) is 0 Å². The molecule has 0 N–H and O–H groups in total. The molecule has 0 aliphatic carbocycles. The van der Waals surface area contributed by atoms with Gasteiger partial charge in [-0.05, 0) is 36.5 Å². The summed E-state index contributed by atoms with van der Waals surface area (Å²) in [6.45, 7) is 0.856. The molecule has 1 aromatic carbocycles. The smallest absolute Gasteiger partial charge is 0.0873 e. The van der Waals surface area contributed by atoms with E-state index in [-0.39, 0.29) is 0 Å². The first-order chi connectivity index (χ1) is 10.4. The highest BCUT2D eigenvalue weighted by Crippen LogP contribution is 2.14.